The Morgan fingerprint density at radius 1 is 0.973 bits per heavy atom. The van der Waals surface area contributed by atoms with Crippen molar-refractivity contribution in [1.82, 2.24) is 15.6 Å². The molecule has 0 atom stereocenters. The van der Waals surface area contributed by atoms with E-state index in [4.69, 9.17) is 44.3 Å². The second-order valence-corrected chi connectivity index (χ2v) is 9.27. The van der Waals surface area contributed by atoms with Crippen LogP contribution in [-0.2, 0) is 11.3 Å². The van der Waals surface area contributed by atoms with E-state index in [0.717, 1.165) is 22.2 Å². The Balaban J connectivity index is 1.12. The Bertz CT molecular complexity index is 1590. The highest BCUT2D eigenvalue weighted by molar-refractivity contribution is 7.80. The molecule has 5 aromatic rings. The number of rotatable bonds is 6. The number of thiocarbonyl (C=S) groups is 1. The van der Waals surface area contributed by atoms with Crippen LogP contribution in [0.4, 0.5) is 0 Å². The number of benzene rings is 3. The van der Waals surface area contributed by atoms with E-state index in [-0.39, 0.29) is 11.0 Å². The number of nitrogens with zero attached hydrogens (tertiary/aromatic N) is 1. The van der Waals surface area contributed by atoms with E-state index in [0.29, 0.717) is 39.6 Å². The lowest BCUT2D eigenvalue weighted by atomic mass is 10.1. The molecule has 0 aliphatic carbocycles. The summed E-state index contributed by atoms with van der Waals surface area (Å²) in [6, 6.07) is 24.1. The zero-order chi connectivity index (χ0) is 25.8. The fourth-order valence-electron chi connectivity index (χ4n) is 3.58. The molecule has 9 heteroatoms. The fourth-order valence-corrected chi connectivity index (χ4v) is 4.25. The largest absolute Gasteiger partial charge is 0.457 e. The van der Waals surface area contributed by atoms with Gasteiger partial charge >= 0.3 is 0 Å². The highest BCUT2D eigenvalue weighted by Crippen LogP contribution is 2.31. The molecule has 37 heavy (non-hydrogen) atoms. The lowest BCUT2D eigenvalue weighted by molar-refractivity contribution is -0.115. The van der Waals surface area contributed by atoms with E-state index < -0.39 is 0 Å². The maximum atomic E-state index is 12.3. The third-order valence-electron chi connectivity index (χ3n) is 5.41. The second kappa shape index (κ2) is 11.0. The van der Waals surface area contributed by atoms with Gasteiger partial charge in [-0.3, -0.25) is 10.1 Å². The number of halogens is 2. The summed E-state index contributed by atoms with van der Waals surface area (Å²) in [6.07, 6.45) is 2.89. The highest BCUT2D eigenvalue weighted by Gasteiger charge is 2.10. The predicted molar refractivity (Wildman–Crippen MR) is 150 cm³/mol. The molecule has 1 amide bonds. The van der Waals surface area contributed by atoms with Crippen molar-refractivity contribution < 1.29 is 13.6 Å². The Morgan fingerprint density at radius 2 is 1.78 bits per heavy atom. The smallest absolute Gasteiger partial charge is 0.250 e. The summed E-state index contributed by atoms with van der Waals surface area (Å²) < 4.78 is 11.6. The van der Waals surface area contributed by atoms with E-state index in [1.54, 1.807) is 36.4 Å². The number of nitrogens with one attached hydrogen (secondary N) is 2. The molecular formula is C28H19Cl2N3O3S. The lowest BCUT2D eigenvalue weighted by Crippen LogP contribution is -2.37. The van der Waals surface area contributed by atoms with Crippen molar-refractivity contribution in [2.75, 3.05) is 0 Å². The molecule has 6 nitrogen and oxygen atoms in total. The number of para-hydroxylation sites is 2. The van der Waals surface area contributed by atoms with Crippen molar-refractivity contribution in [3.8, 4) is 22.8 Å². The van der Waals surface area contributed by atoms with Crippen LogP contribution in [-0.4, -0.2) is 16.0 Å². The number of oxazole rings is 1. The number of fused-ring (bicyclic) bond motifs is 1. The first-order valence-corrected chi connectivity index (χ1v) is 12.4. The highest BCUT2D eigenvalue weighted by atomic mass is 35.5. The molecule has 0 fully saturated rings. The van der Waals surface area contributed by atoms with E-state index in [1.807, 2.05) is 48.5 Å². The maximum absolute atomic E-state index is 12.3. The van der Waals surface area contributed by atoms with Crippen LogP contribution in [0.3, 0.4) is 0 Å². The zero-order valence-electron chi connectivity index (χ0n) is 19.2. The minimum atomic E-state index is -0.383. The molecule has 2 aromatic heterocycles. The molecule has 0 bridgehead atoms. The van der Waals surface area contributed by atoms with Crippen molar-refractivity contribution in [2.45, 2.75) is 6.54 Å². The third kappa shape index (κ3) is 6.09. The van der Waals surface area contributed by atoms with Crippen molar-refractivity contribution in [2.24, 2.45) is 0 Å². The summed E-state index contributed by atoms with van der Waals surface area (Å²) in [5.41, 5.74) is 4.13. The first-order valence-electron chi connectivity index (χ1n) is 11.2. The molecule has 0 unspecified atom stereocenters. The fraction of sp³-hybridized carbons (Fsp3) is 0.0357. The van der Waals surface area contributed by atoms with Gasteiger partial charge in [0, 0.05) is 28.8 Å². The van der Waals surface area contributed by atoms with Crippen LogP contribution in [0.25, 0.3) is 40.0 Å². The molecule has 5 rings (SSSR count). The zero-order valence-corrected chi connectivity index (χ0v) is 21.5. The van der Waals surface area contributed by atoms with Crippen LogP contribution in [0.2, 0.25) is 10.0 Å². The van der Waals surface area contributed by atoms with E-state index >= 15 is 0 Å². The van der Waals surface area contributed by atoms with Crippen molar-refractivity contribution >= 4 is 63.6 Å². The van der Waals surface area contributed by atoms with E-state index in [1.165, 1.54) is 6.08 Å². The van der Waals surface area contributed by atoms with Gasteiger partial charge in [-0.1, -0.05) is 47.5 Å². The van der Waals surface area contributed by atoms with Gasteiger partial charge in [0.2, 0.25) is 11.8 Å². The van der Waals surface area contributed by atoms with Gasteiger partial charge in [-0.2, -0.15) is 0 Å². The van der Waals surface area contributed by atoms with E-state index in [2.05, 4.69) is 15.6 Å². The number of aromatic nitrogens is 1. The number of furan rings is 1. The average Bonchev–Trinajstić information content (AvgIpc) is 3.54. The number of hydrogen-bond acceptors (Lipinski definition) is 5. The van der Waals surface area contributed by atoms with Gasteiger partial charge in [-0.15, -0.1) is 0 Å². The van der Waals surface area contributed by atoms with Gasteiger partial charge in [0.25, 0.3) is 0 Å². The van der Waals surface area contributed by atoms with Crippen LogP contribution >= 0.6 is 35.4 Å². The average molecular weight is 548 g/mol. The molecule has 0 aliphatic rings. The number of carbonyl (C=O) groups is 1. The SMILES string of the molecule is O=C(/C=C/c1ccc(-c2ccc(Cl)cc2Cl)o1)NC(=S)NCc1ccc(-c2nc3ccccc3o2)cc1. The van der Waals surface area contributed by atoms with Crippen LogP contribution in [0.1, 0.15) is 11.3 Å². The molecule has 0 saturated heterocycles. The maximum Gasteiger partial charge on any atom is 0.250 e. The molecule has 2 heterocycles. The van der Waals surface area contributed by atoms with Crippen LogP contribution in [0, 0.1) is 0 Å². The van der Waals surface area contributed by atoms with Gasteiger partial charge in [0.1, 0.15) is 17.0 Å². The van der Waals surface area contributed by atoms with Crippen LogP contribution in [0.15, 0.2) is 93.8 Å². The molecule has 0 aliphatic heterocycles. The molecule has 0 saturated carbocycles. The summed E-state index contributed by atoms with van der Waals surface area (Å²) in [4.78, 5) is 16.8. The number of carbonyl (C=O) groups excluding carboxylic acids is 1. The molecule has 184 valence electrons. The minimum Gasteiger partial charge on any atom is -0.457 e. The summed E-state index contributed by atoms with van der Waals surface area (Å²) in [7, 11) is 0. The molecular weight excluding hydrogens is 529 g/mol. The summed E-state index contributed by atoms with van der Waals surface area (Å²) in [5, 5.41) is 6.87. The van der Waals surface area contributed by atoms with Gasteiger partial charge in [0.15, 0.2) is 10.7 Å². The summed E-state index contributed by atoms with van der Waals surface area (Å²) in [5.74, 6) is 1.25. The summed E-state index contributed by atoms with van der Waals surface area (Å²) in [6.45, 7) is 0.445. The molecule has 0 spiro atoms. The first kappa shape index (κ1) is 24.8. The Kier molecular flexibility index (Phi) is 7.37. The van der Waals surface area contributed by atoms with Crippen molar-refractivity contribution in [1.29, 1.82) is 0 Å². The second-order valence-electron chi connectivity index (χ2n) is 8.02. The predicted octanol–water partition coefficient (Wildman–Crippen LogP) is 7.27. The van der Waals surface area contributed by atoms with E-state index in [9.17, 15) is 4.79 Å². The third-order valence-corrected chi connectivity index (χ3v) is 6.20. The first-order chi connectivity index (χ1) is 17.9. The molecule has 2 N–H and O–H groups in total. The molecule has 3 aromatic carbocycles. The van der Waals surface area contributed by atoms with Gasteiger partial charge in [-0.25, -0.2) is 4.98 Å². The quantitative estimate of drug-likeness (QED) is 0.172. The van der Waals surface area contributed by atoms with Crippen LogP contribution < -0.4 is 10.6 Å². The standard InChI is InChI=1S/C28H19Cl2N3O3S/c29-19-9-12-21(22(30)15-19)24-13-10-20(35-24)11-14-26(34)33-28(37)31-16-17-5-7-18(8-6-17)27-32-23-3-1-2-4-25(23)36-27/h1-15H,16H2,(H2,31,33,34,37)/b14-11+. The monoisotopic (exact) mass is 547 g/mol. The number of hydrogen-bond donors (Lipinski definition) is 2. The lowest BCUT2D eigenvalue weighted by Gasteiger charge is -2.08. The minimum absolute atomic E-state index is 0.214. The Labute approximate surface area is 227 Å². The van der Waals surface area contributed by atoms with Gasteiger partial charge in [0.05, 0.1) is 5.02 Å². The summed E-state index contributed by atoms with van der Waals surface area (Å²) >= 11 is 17.4. The Morgan fingerprint density at radius 3 is 2.57 bits per heavy atom. The number of amides is 1. The van der Waals surface area contributed by atoms with Crippen molar-refractivity contribution in [3.05, 3.63) is 106 Å². The normalized spacial score (nSPS) is 11.2. The van der Waals surface area contributed by atoms with Gasteiger partial charge in [-0.05, 0) is 78.5 Å². The Hall–Kier alpha value is -3.91. The van der Waals surface area contributed by atoms with Crippen molar-refractivity contribution in [3.63, 3.8) is 0 Å². The topological polar surface area (TPSA) is 80.3 Å². The van der Waals surface area contributed by atoms with Crippen LogP contribution in [0.5, 0.6) is 0 Å². The molecule has 0 radical (unpaired) electrons. The van der Waals surface area contributed by atoms with Gasteiger partial charge < -0.3 is 14.2 Å².